The zero-order chi connectivity index (χ0) is 13.0. The van der Waals surface area contributed by atoms with Crippen LogP contribution in [0.2, 0.25) is 0 Å². The van der Waals surface area contributed by atoms with E-state index in [-0.39, 0.29) is 30.8 Å². The summed E-state index contributed by atoms with van der Waals surface area (Å²) in [6.45, 7) is -0.357. The molecule has 0 radical (unpaired) electrons. The molecule has 0 amide bonds. The van der Waals surface area contributed by atoms with Crippen LogP contribution in [0.5, 0.6) is 0 Å². The Bertz CT molecular complexity index is 443. The molecule has 1 heterocycles. The molecular formula is C11H14BrNO4. The van der Waals surface area contributed by atoms with Crippen LogP contribution in [0.15, 0.2) is 21.5 Å². The van der Waals surface area contributed by atoms with Gasteiger partial charge in [-0.25, -0.2) is 0 Å². The second kappa shape index (κ2) is 6.09. The lowest BCUT2D eigenvalue weighted by molar-refractivity contribution is 0.0779. The Hall–Kier alpha value is -0.980. The molecule has 6 heteroatoms. The maximum Gasteiger partial charge on any atom is 0.264 e. The molecule has 17 heavy (non-hydrogen) atoms. The average molecular weight is 304 g/mol. The van der Waals surface area contributed by atoms with Crippen molar-refractivity contribution in [2.24, 2.45) is 7.05 Å². The number of carbonyl (C=O) groups is 1. The fourth-order valence-electron chi connectivity index (χ4n) is 1.36. The lowest BCUT2D eigenvalue weighted by Gasteiger charge is -2.07. The van der Waals surface area contributed by atoms with Gasteiger partial charge in [-0.3, -0.25) is 9.59 Å². The first-order valence-corrected chi connectivity index (χ1v) is 5.93. The van der Waals surface area contributed by atoms with Crippen LogP contribution in [0.25, 0.3) is 0 Å². The van der Waals surface area contributed by atoms with E-state index in [0.29, 0.717) is 10.0 Å². The second-order valence-electron chi connectivity index (χ2n) is 3.79. The summed E-state index contributed by atoms with van der Waals surface area (Å²) in [4.78, 5) is 23.1. The van der Waals surface area contributed by atoms with Gasteiger partial charge in [-0.2, -0.15) is 0 Å². The molecule has 1 rings (SSSR count). The third-order valence-electron chi connectivity index (χ3n) is 2.38. The summed E-state index contributed by atoms with van der Waals surface area (Å²) in [6.07, 6.45) is 0.915. The lowest BCUT2D eigenvalue weighted by Crippen LogP contribution is -2.19. The maximum atomic E-state index is 11.8. The van der Waals surface area contributed by atoms with Crippen LogP contribution in [0, 0.1) is 0 Å². The molecule has 1 aromatic rings. The molecule has 0 saturated heterocycles. The number of aliphatic hydroxyl groups is 2. The van der Waals surface area contributed by atoms with E-state index in [1.54, 1.807) is 7.05 Å². The SMILES string of the molecule is Cn1cc(C(=O)CCC(O)CO)cc(Br)c1=O. The number of hydrogen-bond acceptors (Lipinski definition) is 4. The highest BCUT2D eigenvalue weighted by Gasteiger charge is 2.12. The Morgan fingerprint density at radius 3 is 2.76 bits per heavy atom. The standard InChI is InChI=1S/C11H14BrNO4/c1-13-5-7(4-9(12)11(13)17)10(16)3-2-8(15)6-14/h4-5,8,14-15H,2-3,6H2,1H3. The highest BCUT2D eigenvalue weighted by Crippen LogP contribution is 2.10. The van der Waals surface area contributed by atoms with Gasteiger partial charge < -0.3 is 14.8 Å². The zero-order valence-corrected chi connectivity index (χ0v) is 11.0. The van der Waals surface area contributed by atoms with Gasteiger partial charge in [-0.05, 0) is 28.4 Å². The van der Waals surface area contributed by atoms with Gasteiger partial charge in [-0.1, -0.05) is 0 Å². The van der Waals surface area contributed by atoms with Gasteiger partial charge in [-0.15, -0.1) is 0 Å². The van der Waals surface area contributed by atoms with E-state index in [1.165, 1.54) is 16.8 Å². The number of ketones is 1. The van der Waals surface area contributed by atoms with Crippen molar-refractivity contribution in [3.63, 3.8) is 0 Å². The van der Waals surface area contributed by atoms with Crippen LogP contribution < -0.4 is 5.56 Å². The van der Waals surface area contributed by atoms with Crippen molar-refractivity contribution in [1.29, 1.82) is 0 Å². The zero-order valence-electron chi connectivity index (χ0n) is 9.39. The van der Waals surface area contributed by atoms with Gasteiger partial charge in [0.25, 0.3) is 5.56 Å². The number of pyridine rings is 1. The molecule has 0 fully saturated rings. The number of Topliss-reactive ketones (excluding diaryl/α,β-unsaturated/α-hetero) is 1. The molecule has 5 nitrogen and oxygen atoms in total. The van der Waals surface area contributed by atoms with Gasteiger partial charge in [0.1, 0.15) is 0 Å². The first-order chi connectivity index (χ1) is 7.95. The number of aryl methyl sites for hydroxylation is 1. The average Bonchev–Trinajstić information content (AvgIpc) is 2.31. The summed E-state index contributed by atoms with van der Waals surface area (Å²) in [5.41, 5.74) is 0.195. The van der Waals surface area contributed by atoms with Crippen molar-refractivity contribution in [3.8, 4) is 0 Å². The predicted octanol–water partition coefficient (Wildman–Crippen LogP) is 0.464. The van der Waals surface area contributed by atoms with Crippen LogP contribution in [-0.2, 0) is 7.05 Å². The smallest absolute Gasteiger partial charge is 0.264 e. The molecule has 1 aromatic heterocycles. The maximum absolute atomic E-state index is 11.8. The van der Waals surface area contributed by atoms with E-state index in [9.17, 15) is 9.59 Å². The van der Waals surface area contributed by atoms with E-state index in [4.69, 9.17) is 10.2 Å². The van der Waals surface area contributed by atoms with E-state index >= 15 is 0 Å². The topological polar surface area (TPSA) is 79.5 Å². The molecule has 0 spiro atoms. The largest absolute Gasteiger partial charge is 0.394 e. The summed E-state index contributed by atoms with van der Waals surface area (Å²) in [5.74, 6) is -0.172. The fraction of sp³-hybridized carbons (Fsp3) is 0.455. The third kappa shape index (κ3) is 3.76. The quantitative estimate of drug-likeness (QED) is 0.775. The molecule has 2 N–H and O–H groups in total. The molecular weight excluding hydrogens is 290 g/mol. The number of aromatic nitrogens is 1. The van der Waals surface area contributed by atoms with Crippen LogP contribution in [0.1, 0.15) is 23.2 Å². The summed E-state index contributed by atoms with van der Waals surface area (Å²) in [7, 11) is 1.56. The summed E-state index contributed by atoms with van der Waals surface area (Å²) in [6, 6.07) is 1.47. The highest BCUT2D eigenvalue weighted by atomic mass is 79.9. The third-order valence-corrected chi connectivity index (χ3v) is 2.95. The molecule has 0 aliphatic carbocycles. The van der Waals surface area contributed by atoms with Crippen molar-refractivity contribution in [2.45, 2.75) is 18.9 Å². The van der Waals surface area contributed by atoms with Gasteiger partial charge in [0.2, 0.25) is 0 Å². The van der Waals surface area contributed by atoms with Crippen LogP contribution in [0.4, 0.5) is 0 Å². The fourth-order valence-corrected chi connectivity index (χ4v) is 1.88. The first-order valence-electron chi connectivity index (χ1n) is 5.14. The van der Waals surface area contributed by atoms with E-state index in [1.807, 2.05) is 0 Å². The predicted molar refractivity (Wildman–Crippen MR) is 66.0 cm³/mol. The summed E-state index contributed by atoms with van der Waals surface area (Å²) in [5, 5.41) is 17.8. The monoisotopic (exact) mass is 303 g/mol. The molecule has 94 valence electrons. The van der Waals surface area contributed by atoms with Crippen LogP contribution in [-0.4, -0.2) is 33.3 Å². The Labute approximate surface area is 107 Å². The van der Waals surface area contributed by atoms with E-state index in [2.05, 4.69) is 15.9 Å². The van der Waals surface area contributed by atoms with Crippen molar-refractivity contribution in [3.05, 3.63) is 32.7 Å². The minimum absolute atomic E-state index is 0.131. The molecule has 0 aromatic carbocycles. The minimum Gasteiger partial charge on any atom is -0.394 e. The number of halogens is 1. The summed E-state index contributed by atoms with van der Waals surface area (Å²) >= 11 is 3.08. The Morgan fingerprint density at radius 1 is 1.59 bits per heavy atom. The number of rotatable bonds is 5. The number of hydrogen-bond donors (Lipinski definition) is 2. The summed E-state index contributed by atoms with van der Waals surface area (Å²) < 4.78 is 1.65. The van der Waals surface area contributed by atoms with E-state index < -0.39 is 6.10 Å². The Morgan fingerprint density at radius 2 is 2.24 bits per heavy atom. The van der Waals surface area contributed by atoms with Crippen molar-refractivity contribution >= 4 is 21.7 Å². The van der Waals surface area contributed by atoms with Crippen molar-refractivity contribution in [2.75, 3.05) is 6.61 Å². The first kappa shape index (κ1) is 14.1. The van der Waals surface area contributed by atoms with Crippen LogP contribution in [0.3, 0.4) is 0 Å². The molecule has 0 aliphatic rings. The number of aliphatic hydroxyl groups excluding tert-OH is 2. The normalized spacial score (nSPS) is 12.5. The van der Waals surface area contributed by atoms with Gasteiger partial charge in [0, 0.05) is 25.2 Å². The lowest BCUT2D eigenvalue weighted by atomic mass is 10.1. The molecule has 0 bridgehead atoms. The molecule has 1 unspecified atom stereocenters. The van der Waals surface area contributed by atoms with Gasteiger partial charge in [0.15, 0.2) is 5.78 Å². The Kier molecular flexibility index (Phi) is 5.04. The van der Waals surface area contributed by atoms with Crippen molar-refractivity contribution < 1.29 is 15.0 Å². The number of carbonyl (C=O) groups excluding carboxylic acids is 1. The molecule has 0 aliphatic heterocycles. The highest BCUT2D eigenvalue weighted by molar-refractivity contribution is 9.10. The van der Waals surface area contributed by atoms with Gasteiger partial charge >= 0.3 is 0 Å². The second-order valence-corrected chi connectivity index (χ2v) is 4.65. The Balaban J connectivity index is 2.80. The van der Waals surface area contributed by atoms with Gasteiger partial charge in [0.05, 0.1) is 17.2 Å². The molecule has 1 atom stereocenters. The van der Waals surface area contributed by atoms with Crippen LogP contribution >= 0.6 is 15.9 Å². The molecule has 0 saturated carbocycles. The van der Waals surface area contributed by atoms with Crippen molar-refractivity contribution in [1.82, 2.24) is 4.57 Å². The number of nitrogens with zero attached hydrogens (tertiary/aromatic N) is 1. The minimum atomic E-state index is -0.880. The van der Waals surface area contributed by atoms with E-state index in [0.717, 1.165) is 0 Å².